The summed E-state index contributed by atoms with van der Waals surface area (Å²) in [6, 6.07) is -0.560. The Morgan fingerprint density at radius 1 is 1.46 bits per heavy atom. The third-order valence-corrected chi connectivity index (χ3v) is 3.34. The molecular formula is C9H16N3O. The second-order valence-electron chi connectivity index (χ2n) is 4.12. The van der Waals surface area contributed by atoms with Crippen molar-refractivity contribution in [3.63, 3.8) is 0 Å². The molecule has 1 N–H and O–H groups in total. The third kappa shape index (κ3) is 1.50. The van der Waals surface area contributed by atoms with Crippen LogP contribution in [0, 0.1) is 5.92 Å². The van der Waals surface area contributed by atoms with Gasteiger partial charge in [0.1, 0.15) is 0 Å². The van der Waals surface area contributed by atoms with Crippen LogP contribution in [0.3, 0.4) is 0 Å². The molecule has 0 aromatic heterocycles. The van der Waals surface area contributed by atoms with Gasteiger partial charge in [0.25, 0.3) is 0 Å². The molecule has 0 aromatic carbocycles. The molecule has 1 radical (unpaired) electrons. The molecule has 4 heteroatoms. The SMILES string of the molecule is CN(C([NH])=O)C1CCC2CCN1C2. The first-order valence-corrected chi connectivity index (χ1v) is 4.91. The van der Waals surface area contributed by atoms with Crippen LogP contribution < -0.4 is 5.73 Å². The maximum Gasteiger partial charge on any atom is 0.337 e. The number of nitrogens with zero attached hydrogens (tertiary/aromatic N) is 2. The van der Waals surface area contributed by atoms with Crippen LogP contribution in [-0.4, -0.2) is 42.1 Å². The van der Waals surface area contributed by atoms with Gasteiger partial charge in [-0.05, 0) is 25.2 Å². The second kappa shape index (κ2) is 3.18. The van der Waals surface area contributed by atoms with Crippen molar-refractivity contribution in [1.82, 2.24) is 15.5 Å². The van der Waals surface area contributed by atoms with Gasteiger partial charge in [0.2, 0.25) is 0 Å². The molecule has 0 saturated carbocycles. The molecule has 13 heavy (non-hydrogen) atoms. The molecule has 3 atom stereocenters. The normalized spacial score (nSPS) is 37.5. The smallest absolute Gasteiger partial charge is 0.311 e. The molecule has 2 heterocycles. The highest BCUT2D eigenvalue weighted by Crippen LogP contribution is 2.31. The first kappa shape index (κ1) is 8.81. The van der Waals surface area contributed by atoms with Crippen molar-refractivity contribution in [2.75, 3.05) is 20.1 Å². The second-order valence-corrected chi connectivity index (χ2v) is 4.12. The number of fused-ring (bicyclic) bond motifs is 2. The van der Waals surface area contributed by atoms with Crippen LogP contribution in [0.15, 0.2) is 0 Å². The molecule has 2 rings (SSSR count). The van der Waals surface area contributed by atoms with E-state index in [2.05, 4.69) is 4.90 Å². The summed E-state index contributed by atoms with van der Waals surface area (Å²) in [6.07, 6.45) is 3.74. The van der Waals surface area contributed by atoms with E-state index in [4.69, 9.17) is 5.73 Å². The lowest BCUT2D eigenvalue weighted by molar-refractivity contribution is 0.0712. The minimum absolute atomic E-state index is 0.198. The van der Waals surface area contributed by atoms with Gasteiger partial charge >= 0.3 is 6.03 Å². The number of urea groups is 1. The van der Waals surface area contributed by atoms with Gasteiger partial charge in [-0.1, -0.05) is 0 Å². The number of amides is 2. The van der Waals surface area contributed by atoms with Gasteiger partial charge in [0, 0.05) is 20.1 Å². The van der Waals surface area contributed by atoms with E-state index >= 15 is 0 Å². The van der Waals surface area contributed by atoms with Gasteiger partial charge in [0.05, 0.1) is 6.17 Å². The predicted molar refractivity (Wildman–Crippen MR) is 49.0 cm³/mol. The minimum Gasteiger partial charge on any atom is -0.311 e. The van der Waals surface area contributed by atoms with E-state index in [1.165, 1.54) is 12.8 Å². The first-order valence-electron chi connectivity index (χ1n) is 4.91. The lowest BCUT2D eigenvalue weighted by atomic mass is 9.99. The highest BCUT2D eigenvalue weighted by molar-refractivity contribution is 5.71. The highest BCUT2D eigenvalue weighted by atomic mass is 16.2. The van der Waals surface area contributed by atoms with Crippen molar-refractivity contribution in [3.8, 4) is 0 Å². The van der Waals surface area contributed by atoms with Crippen molar-refractivity contribution in [2.24, 2.45) is 5.92 Å². The van der Waals surface area contributed by atoms with E-state index in [1.807, 2.05) is 0 Å². The van der Waals surface area contributed by atoms with Crippen LogP contribution in [0.1, 0.15) is 19.3 Å². The Morgan fingerprint density at radius 2 is 2.23 bits per heavy atom. The Kier molecular flexibility index (Phi) is 2.15. The average molecular weight is 182 g/mol. The Balaban J connectivity index is 2.03. The molecule has 2 fully saturated rings. The fourth-order valence-electron chi connectivity index (χ4n) is 2.51. The van der Waals surface area contributed by atoms with Gasteiger partial charge in [-0.3, -0.25) is 4.90 Å². The number of hydrogen-bond acceptors (Lipinski definition) is 2. The summed E-state index contributed by atoms with van der Waals surface area (Å²) in [5.41, 5.74) is 7.06. The number of piperidine rings is 1. The fourth-order valence-corrected chi connectivity index (χ4v) is 2.51. The quantitative estimate of drug-likeness (QED) is 0.601. The average Bonchev–Trinajstić information content (AvgIpc) is 2.47. The van der Waals surface area contributed by atoms with Crippen LogP contribution in [-0.2, 0) is 0 Å². The van der Waals surface area contributed by atoms with Gasteiger partial charge in [-0.2, -0.15) is 0 Å². The van der Waals surface area contributed by atoms with Gasteiger partial charge in [0.15, 0.2) is 0 Å². The van der Waals surface area contributed by atoms with Gasteiger partial charge in [-0.15, -0.1) is 0 Å². The molecule has 2 saturated heterocycles. The van der Waals surface area contributed by atoms with E-state index in [0.717, 1.165) is 25.4 Å². The fraction of sp³-hybridized carbons (Fsp3) is 0.889. The van der Waals surface area contributed by atoms with Crippen molar-refractivity contribution in [3.05, 3.63) is 0 Å². The monoisotopic (exact) mass is 182 g/mol. The summed E-state index contributed by atoms with van der Waals surface area (Å²) in [5, 5.41) is 0. The van der Waals surface area contributed by atoms with Crippen molar-refractivity contribution in [1.29, 1.82) is 0 Å². The molecule has 2 aliphatic rings. The van der Waals surface area contributed by atoms with Crippen molar-refractivity contribution < 1.29 is 4.79 Å². The Labute approximate surface area is 78.7 Å². The topological polar surface area (TPSA) is 47.4 Å². The molecule has 4 nitrogen and oxygen atoms in total. The van der Waals surface area contributed by atoms with E-state index in [1.54, 1.807) is 11.9 Å². The Morgan fingerprint density at radius 3 is 2.92 bits per heavy atom. The van der Waals surface area contributed by atoms with Crippen molar-refractivity contribution in [2.45, 2.75) is 25.4 Å². The minimum atomic E-state index is -0.560. The lowest BCUT2D eigenvalue weighted by Crippen LogP contribution is -2.49. The summed E-state index contributed by atoms with van der Waals surface area (Å²) < 4.78 is 0. The first-order chi connectivity index (χ1) is 6.18. The molecule has 2 amide bonds. The van der Waals surface area contributed by atoms with E-state index in [0.29, 0.717) is 0 Å². The van der Waals surface area contributed by atoms with Crippen molar-refractivity contribution >= 4 is 6.03 Å². The van der Waals surface area contributed by atoms with Gasteiger partial charge < -0.3 is 4.90 Å². The number of rotatable bonds is 1. The molecule has 2 bridgehead atoms. The molecule has 3 unspecified atom stereocenters. The van der Waals surface area contributed by atoms with Crippen LogP contribution >= 0.6 is 0 Å². The summed E-state index contributed by atoms with van der Waals surface area (Å²) in [4.78, 5) is 14.8. The molecule has 2 aliphatic heterocycles. The highest BCUT2D eigenvalue weighted by Gasteiger charge is 2.36. The third-order valence-electron chi connectivity index (χ3n) is 3.34. The predicted octanol–water partition coefficient (Wildman–Crippen LogP) is 0.763. The Bertz CT molecular complexity index is 219. The van der Waals surface area contributed by atoms with E-state index in [9.17, 15) is 4.79 Å². The number of hydrogen-bond donors (Lipinski definition) is 0. The zero-order valence-corrected chi connectivity index (χ0v) is 7.99. The molecule has 0 spiro atoms. The zero-order chi connectivity index (χ0) is 9.42. The number of carbonyl (C=O) groups excluding carboxylic acids is 1. The molecular weight excluding hydrogens is 166 g/mol. The standard InChI is InChI=1S/C9H16N3O/c1-11(9(10)13)8-3-2-7-4-5-12(8)6-7/h7-8,10H,2-6H2,1H3. The number of carbonyl (C=O) groups is 1. The van der Waals surface area contributed by atoms with Crippen LogP contribution in [0.2, 0.25) is 0 Å². The molecule has 73 valence electrons. The summed E-state index contributed by atoms with van der Waals surface area (Å²) in [7, 11) is 1.73. The molecule has 0 aromatic rings. The summed E-state index contributed by atoms with van der Waals surface area (Å²) in [5.74, 6) is 0.852. The van der Waals surface area contributed by atoms with Gasteiger partial charge in [-0.25, -0.2) is 10.5 Å². The summed E-state index contributed by atoms with van der Waals surface area (Å²) >= 11 is 0. The van der Waals surface area contributed by atoms with Crippen LogP contribution in [0.5, 0.6) is 0 Å². The zero-order valence-electron chi connectivity index (χ0n) is 7.99. The lowest BCUT2D eigenvalue weighted by Gasteiger charge is -2.37. The van der Waals surface area contributed by atoms with E-state index < -0.39 is 6.03 Å². The number of nitrogens with one attached hydrogen (secondary N) is 1. The molecule has 0 aliphatic carbocycles. The maximum absolute atomic E-state index is 10.9. The van der Waals surface area contributed by atoms with E-state index in [-0.39, 0.29) is 6.17 Å². The maximum atomic E-state index is 10.9. The van der Waals surface area contributed by atoms with Crippen LogP contribution in [0.25, 0.3) is 0 Å². The Hall–Kier alpha value is -0.770. The van der Waals surface area contributed by atoms with Crippen LogP contribution in [0.4, 0.5) is 4.79 Å². The summed E-state index contributed by atoms with van der Waals surface area (Å²) in [6.45, 7) is 2.23. The largest absolute Gasteiger partial charge is 0.337 e.